The number of rotatable bonds is 7. The maximum atomic E-state index is 9.50. The molecule has 1 aliphatic rings. The fourth-order valence-electron chi connectivity index (χ4n) is 2.26. The molecule has 5 nitrogen and oxygen atoms in total. The van der Waals surface area contributed by atoms with Crippen LogP contribution in [0.1, 0.15) is 39.2 Å². The molecule has 0 spiro atoms. The zero-order valence-electron chi connectivity index (χ0n) is 13.5. The second-order valence-electron chi connectivity index (χ2n) is 5.70. The Morgan fingerprint density at radius 3 is 2.73 bits per heavy atom. The number of hydrogen-bond donors (Lipinski definition) is 2. The Balaban J connectivity index is 2.24. The van der Waals surface area contributed by atoms with Crippen LogP contribution in [-0.2, 0) is 4.74 Å². The van der Waals surface area contributed by atoms with Gasteiger partial charge in [0.15, 0.2) is 5.72 Å². The average Bonchev–Trinajstić information content (AvgIpc) is 2.84. The van der Waals surface area contributed by atoms with Gasteiger partial charge < -0.3 is 15.2 Å². The van der Waals surface area contributed by atoms with Gasteiger partial charge in [0.25, 0.3) is 0 Å². The van der Waals surface area contributed by atoms with Gasteiger partial charge in [-0.3, -0.25) is 4.99 Å². The van der Waals surface area contributed by atoms with Crippen LogP contribution in [0.15, 0.2) is 40.3 Å². The molecule has 0 aliphatic carbocycles. The summed E-state index contributed by atoms with van der Waals surface area (Å²) < 4.78 is 5.88. The van der Waals surface area contributed by atoms with Gasteiger partial charge in [0.2, 0.25) is 5.96 Å². The molecule has 1 aromatic carbocycles. The predicted molar refractivity (Wildman–Crippen MR) is 89.4 cm³/mol. The van der Waals surface area contributed by atoms with Gasteiger partial charge in [-0.1, -0.05) is 43.7 Å². The van der Waals surface area contributed by atoms with Crippen LogP contribution in [0.25, 0.3) is 0 Å². The Morgan fingerprint density at radius 2 is 2.09 bits per heavy atom. The van der Waals surface area contributed by atoms with Crippen molar-refractivity contribution in [3.63, 3.8) is 0 Å². The molecule has 2 unspecified atom stereocenters. The van der Waals surface area contributed by atoms with Gasteiger partial charge in [0.05, 0.1) is 12.7 Å². The quantitative estimate of drug-likeness (QED) is 0.760. The van der Waals surface area contributed by atoms with Crippen molar-refractivity contribution < 1.29 is 9.84 Å². The highest BCUT2D eigenvalue weighted by Gasteiger charge is 2.39. The number of aliphatic hydroxyl groups excluding tert-OH is 1. The summed E-state index contributed by atoms with van der Waals surface area (Å²) in [4.78, 5) is 9.10. The first kappa shape index (κ1) is 16.6. The fraction of sp³-hybridized carbons (Fsp3) is 0.529. The summed E-state index contributed by atoms with van der Waals surface area (Å²) in [6, 6.07) is 9.91. The summed E-state index contributed by atoms with van der Waals surface area (Å²) in [5.74, 6) is 0.598. The third-order valence-electron chi connectivity index (χ3n) is 3.45. The van der Waals surface area contributed by atoms with Crippen LogP contribution in [0.4, 0.5) is 0 Å². The lowest BCUT2D eigenvalue weighted by molar-refractivity contribution is -0.0310. The van der Waals surface area contributed by atoms with Gasteiger partial charge in [-0.2, -0.15) is 0 Å². The molecule has 0 amide bonds. The van der Waals surface area contributed by atoms with Crippen molar-refractivity contribution >= 4 is 11.7 Å². The van der Waals surface area contributed by atoms with Crippen molar-refractivity contribution in [3.8, 4) is 0 Å². The molecule has 0 fully saturated rings. The van der Waals surface area contributed by atoms with Crippen molar-refractivity contribution in [2.75, 3.05) is 13.2 Å². The lowest BCUT2D eigenvalue weighted by Crippen LogP contribution is -2.49. The summed E-state index contributed by atoms with van der Waals surface area (Å²) in [5, 5.41) is 12.7. The topological polar surface area (TPSA) is 66.2 Å². The molecule has 0 radical (unpaired) electrons. The minimum atomic E-state index is -0.774. The Labute approximate surface area is 132 Å². The van der Waals surface area contributed by atoms with Gasteiger partial charge in [-0.25, -0.2) is 4.99 Å². The van der Waals surface area contributed by atoms with Crippen molar-refractivity contribution in [3.05, 3.63) is 35.9 Å². The largest absolute Gasteiger partial charge is 0.391 e. The van der Waals surface area contributed by atoms with Gasteiger partial charge in [-0.15, -0.1) is 0 Å². The van der Waals surface area contributed by atoms with Crippen LogP contribution in [0, 0.1) is 0 Å². The number of ether oxygens (including phenoxy) is 1. The molecule has 1 aliphatic heterocycles. The number of aliphatic hydroxyl groups is 1. The monoisotopic (exact) mass is 303 g/mol. The molecule has 2 rings (SSSR count). The molecule has 0 saturated heterocycles. The molecule has 120 valence electrons. The molecular formula is C17H25N3O2. The first-order chi connectivity index (χ1) is 10.5. The van der Waals surface area contributed by atoms with E-state index >= 15 is 0 Å². The number of guanidine groups is 1. The number of nitrogens with one attached hydrogen (secondary N) is 1. The summed E-state index contributed by atoms with van der Waals surface area (Å²) in [6.45, 7) is 6.74. The second-order valence-corrected chi connectivity index (χ2v) is 5.70. The molecule has 1 heterocycles. The highest BCUT2D eigenvalue weighted by atomic mass is 16.5. The maximum absolute atomic E-state index is 9.50. The van der Waals surface area contributed by atoms with Gasteiger partial charge in [0, 0.05) is 12.1 Å². The van der Waals surface area contributed by atoms with Crippen molar-refractivity contribution in [2.45, 2.75) is 45.4 Å². The van der Waals surface area contributed by atoms with E-state index in [0.717, 1.165) is 30.7 Å². The number of aliphatic imine (C=N–C) groups is 2. The van der Waals surface area contributed by atoms with Crippen LogP contribution >= 0.6 is 0 Å². The zero-order chi connectivity index (χ0) is 16.0. The van der Waals surface area contributed by atoms with Crippen LogP contribution in [0.5, 0.6) is 0 Å². The molecule has 0 aromatic heterocycles. The van der Waals surface area contributed by atoms with E-state index in [9.17, 15) is 5.11 Å². The van der Waals surface area contributed by atoms with Crippen molar-refractivity contribution in [1.82, 2.24) is 5.32 Å². The number of benzene rings is 1. The Bertz CT molecular complexity index is 540. The number of nitrogens with zero attached hydrogens (tertiary/aromatic N) is 2. The van der Waals surface area contributed by atoms with E-state index in [0.29, 0.717) is 5.96 Å². The number of unbranched alkanes of at least 4 members (excludes halogenated alkanes) is 1. The first-order valence-corrected chi connectivity index (χ1v) is 7.84. The summed E-state index contributed by atoms with van der Waals surface area (Å²) >= 11 is 0. The van der Waals surface area contributed by atoms with Crippen molar-refractivity contribution in [2.24, 2.45) is 9.98 Å². The summed E-state index contributed by atoms with van der Waals surface area (Å²) in [7, 11) is 0. The molecule has 1 aromatic rings. The molecule has 2 N–H and O–H groups in total. The minimum Gasteiger partial charge on any atom is -0.391 e. The Morgan fingerprint density at radius 1 is 1.36 bits per heavy atom. The van der Waals surface area contributed by atoms with Gasteiger partial charge in [-0.05, 0) is 20.3 Å². The van der Waals surface area contributed by atoms with E-state index in [2.05, 4.69) is 22.2 Å². The smallest absolute Gasteiger partial charge is 0.220 e. The van der Waals surface area contributed by atoms with Gasteiger partial charge in [0.1, 0.15) is 5.71 Å². The standard InChI is InChI=1S/C17H25N3O2/c1-4-5-11-18-16-19-15(14-9-7-6-8-10-14)17(3,20-16)22-12-13(2)21/h6-10,13,21H,4-5,11-12H2,1-3H3,(H,18,20). The minimum absolute atomic E-state index is 0.234. The molecule has 0 bridgehead atoms. The molecule has 22 heavy (non-hydrogen) atoms. The predicted octanol–water partition coefficient (Wildman–Crippen LogP) is 2.35. The van der Waals surface area contributed by atoms with E-state index in [1.54, 1.807) is 6.92 Å². The van der Waals surface area contributed by atoms with Crippen LogP contribution in [-0.4, -0.2) is 41.8 Å². The average molecular weight is 303 g/mol. The van der Waals surface area contributed by atoms with E-state index in [1.165, 1.54) is 0 Å². The number of hydrogen-bond acceptors (Lipinski definition) is 3. The second kappa shape index (κ2) is 7.51. The molecule has 2 atom stereocenters. The normalized spacial score (nSPS) is 24.2. The third kappa shape index (κ3) is 4.15. The third-order valence-corrected chi connectivity index (χ3v) is 3.45. The first-order valence-electron chi connectivity index (χ1n) is 7.84. The molecule has 0 saturated carbocycles. The SMILES string of the molecule is CCCCN=C1N=C(c2ccccc2)C(C)(OCC(C)O)N1. The Hall–Kier alpha value is -1.72. The van der Waals surface area contributed by atoms with E-state index < -0.39 is 11.8 Å². The highest BCUT2D eigenvalue weighted by Crippen LogP contribution is 2.22. The zero-order valence-corrected chi connectivity index (χ0v) is 13.5. The van der Waals surface area contributed by atoms with E-state index in [4.69, 9.17) is 4.74 Å². The van der Waals surface area contributed by atoms with E-state index in [1.807, 2.05) is 37.3 Å². The molecule has 5 heteroatoms. The van der Waals surface area contributed by atoms with Crippen LogP contribution < -0.4 is 5.32 Å². The van der Waals surface area contributed by atoms with Gasteiger partial charge >= 0.3 is 0 Å². The lowest BCUT2D eigenvalue weighted by Gasteiger charge is -2.28. The molecular weight excluding hydrogens is 278 g/mol. The Kier molecular flexibility index (Phi) is 5.69. The summed E-state index contributed by atoms with van der Waals surface area (Å²) in [6.07, 6.45) is 1.60. The lowest BCUT2D eigenvalue weighted by atomic mass is 10.0. The fourth-order valence-corrected chi connectivity index (χ4v) is 2.26. The highest BCUT2D eigenvalue weighted by molar-refractivity contribution is 6.16. The maximum Gasteiger partial charge on any atom is 0.220 e. The summed E-state index contributed by atoms with van der Waals surface area (Å²) in [5.41, 5.74) is 1.01. The van der Waals surface area contributed by atoms with Crippen molar-refractivity contribution in [1.29, 1.82) is 0 Å². The van der Waals surface area contributed by atoms with Crippen LogP contribution in [0.2, 0.25) is 0 Å². The van der Waals surface area contributed by atoms with E-state index in [-0.39, 0.29) is 6.61 Å². The van der Waals surface area contributed by atoms with Crippen LogP contribution in [0.3, 0.4) is 0 Å².